The van der Waals surface area contributed by atoms with Gasteiger partial charge in [0.25, 0.3) is 0 Å². The minimum atomic E-state index is -0.221. The third-order valence-electron chi connectivity index (χ3n) is 4.90. The van der Waals surface area contributed by atoms with Gasteiger partial charge in [-0.05, 0) is 61.0 Å². The first-order valence-electron chi connectivity index (χ1n) is 8.60. The molecule has 3 nitrogen and oxygen atoms in total. The average molecular weight is 346 g/mol. The first-order chi connectivity index (χ1) is 12.5. The fourth-order valence-electron chi connectivity index (χ4n) is 3.36. The SMILES string of the molecule is Cc1c/c(=C\C=C2/C=[NH+]c3ccc(F)cc32)n(C)/c1=C\c1cccn1C. The number of hydrogen-bond donors (Lipinski definition) is 1. The third kappa shape index (κ3) is 2.84. The van der Waals surface area contributed by atoms with Gasteiger partial charge in [-0.1, -0.05) is 0 Å². The molecule has 4 heteroatoms. The van der Waals surface area contributed by atoms with E-state index in [4.69, 9.17) is 0 Å². The number of allylic oxidation sites excluding steroid dienone is 2. The summed E-state index contributed by atoms with van der Waals surface area (Å²) < 4.78 is 17.8. The molecule has 1 aliphatic rings. The van der Waals surface area contributed by atoms with E-state index in [2.05, 4.69) is 52.4 Å². The van der Waals surface area contributed by atoms with Crippen LogP contribution in [0, 0.1) is 12.7 Å². The van der Waals surface area contributed by atoms with Crippen LogP contribution in [-0.2, 0) is 14.1 Å². The van der Waals surface area contributed by atoms with Crippen LogP contribution in [0.1, 0.15) is 16.8 Å². The van der Waals surface area contributed by atoms with Crippen LogP contribution in [0.2, 0.25) is 0 Å². The molecule has 0 unspecified atom stereocenters. The van der Waals surface area contributed by atoms with Crippen LogP contribution >= 0.6 is 0 Å². The lowest BCUT2D eigenvalue weighted by Crippen LogP contribution is -2.58. The summed E-state index contributed by atoms with van der Waals surface area (Å²) in [5.41, 5.74) is 5.19. The van der Waals surface area contributed by atoms with Gasteiger partial charge in [0.2, 0.25) is 5.69 Å². The van der Waals surface area contributed by atoms with Crippen molar-refractivity contribution in [2.45, 2.75) is 6.92 Å². The molecule has 0 saturated heterocycles. The van der Waals surface area contributed by atoms with Crippen LogP contribution < -0.4 is 15.7 Å². The maximum absolute atomic E-state index is 13.5. The normalized spacial score (nSPS) is 16.1. The lowest BCUT2D eigenvalue weighted by molar-refractivity contribution is -0.342. The second-order valence-electron chi connectivity index (χ2n) is 6.65. The van der Waals surface area contributed by atoms with Gasteiger partial charge in [0.15, 0.2) is 6.21 Å². The molecule has 1 aromatic carbocycles. The van der Waals surface area contributed by atoms with Gasteiger partial charge in [-0.25, -0.2) is 9.38 Å². The lowest BCUT2D eigenvalue weighted by atomic mass is 10.1. The highest BCUT2D eigenvalue weighted by Gasteiger charge is 2.18. The third-order valence-corrected chi connectivity index (χ3v) is 4.90. The molecule has 1 aliphatic heterocycles. The molecule has 3 heterocycles. The Morgan fingerprint density at radius 2 is 1.92 bits per heavy atom. The van der Waals surface area contributed by atoms with E-state index in [1.54, 1.807) is 12.1 Å². The predicted molar refractivity (Wildman–Crippen MR) is 104 cm³/mol. The van der Waals surface area contributed by atoms with Crippen LogP contribution in [0.15, 0.2) is 48.7 Å². The molecule has 0 spiro atoms. The van der Waals surface area contributed by atoms with Gasteiger partial charge < -0.3 is 9.13 Å². The van der Waals surface area contributed by atoms with Gasteiger partial charge in [0.05, 0.1) is 11.1 Å². The Morgan fingerprint density at radius 1 is 1.08 bits per heavy atom. The van der Waals surface area contributed by atoms with Crippen LogP contribution in [0.5, 0.6) is 0 Å². The monoisotopic (exact) mass is 346 g/mol. The maximum atomic E-state index is 13.5. The molecule has 3 aromatic rings. The first kappa shape index (κ1) is 16.3. The summed E-state index contributed by atoms with van der Waals surface area (Å²) in [6, 6.07) is 11.1. The van der Waals surface area contributed by atoms with Gasteiger partial charge in [-0.3, -0.25) is 0 Å². The van der Waals surface area contributed by atoms with Crippen molar-refractivity contribution >= 4 is 29.6 Å². The van der Waals surface area contributed by atoms with E-state index in [1.807, 2.05) is 31.6 Å². The minimum absolute atomic E-state index is 0.221. The Balaban J connectivity index is 1.78. The predicted octanol–water partition coefficient (Wildman–Crippen LogP) is 1.30. The van der Waals surface area contributed by atoms with Gasteiger partial charge >= 0.3 is 0 Å². The zero-order chi connectivity index (χ0) is 18.3. The number of aromatic nitrogens is 2. The Hall–Kier alpha value is -3.14. The molecule has 0 radical (unpaired) electrons. The Bertz CT molecular complexity index is 1170. The maximum Gasteiger partial charge on any atom is 0.211 e. The van der Waals surface area contributed by atoms with Crippen LogP contribution in [0.25, 0.3) is 17.7 Å². The highest BCUT2D eigenvalue weighted by atomic mass is 19.1. The summed E-state index contributed by atoms with van der Waals surface area (Å²) in [4.78, 5) is 3.19. The number of nitrogens with zero attached hydrogens (tertiary/aromatic N) is 2. The van der Waals surface area contributed by atoms with Crippen molar-refractivity contribution in [1.82, 2.24) is 9.13 Å². The Morgan fingerprint density at radius 3 is 2.69 bits per heavy atom. The Labute approximate surface area is 151 Å². The molecule has 0 amide bonds. The van der Waals surface area contributed by atoms with Crippen molar-refractivity contribution in [2.24, 2.45) is 14.1 Å². The number of rotatable bonds is 2. The second-order valence-corrected chi connectivity index (χ2v) is 6.65. The summed E-state index contributed by atoms with van der Waals surface area (Å²) in [7, 11) is 4.11. The fraction of sp³-hybridized carbons (Fsp3) is 0.136. The van der Waals surface area contributed by atoms with Crippen LogP contribution in [0.4, 0.5) is 10.1 Å². The molecular formula is C22H21FN3+. The fourth-order valence-corrected chi connectivity index (χ4v) is 3.36. The van der Waals surface area contributed by atoms with E-state index < -0.39 is 0 Å². The van der Waals surface area contributed by atoms with Gasteiger partial charge in [-0.15, -0.1) is 0 Å². The van der Waals surface area contributed by atoms with Gasteiger partial charge in [0, 0.05) is 42.8 Å². The quantitative estimate of drug-likeness (QED) is 0.723. The van der Waals surface area contributed by atoms with Crippen molar-refractivity contribution in [3.8, 4) is 0 Å². The average Bonchev–Trinajstić information content (AvgIpc) is 3.27. The zero-order valence-electron chi connectivity index (χ0n) is 15.1. The van der Waals surface area contributed by atoms with E-state index in [0.29, 0.717) is 0 Å². The number of halogens is 1. The molecule has 0 fully saturated rings. The number of nitrogens with one attached hydrogen (secondary N) is 1. The molecule has 130 valence electrons. The van der Waals surface area contributed by atoms with Crippen LogP contribution in [-0.4, -0.2) is 15.3 Å². The van der Waals surface area contributed by atoms with Crippen molar-refractivity contribution < 1.29 is 9.38 Å². The number of benzene rings is 1. The lowest BCUT2D eigenvalue weighted by Gasteiger charge is -1.98. The standard InChI is InChI=1S/C22H20FN3/c1-15-11-19(26(3)22(15)13-18-5-4-10-25(18)2)8-6-16-14-24-21-9-7-17(23)12-20(16)21/h4-14H,1-3H3/p+1/b16-6+,19-8+,22-13-. The van der Waals surface area contributed by atoms with E-state index in [9.17, 15) is 4.39 Å². The molecule has 26 heavy (non-hydrogen) atoms. The summed E-state index contributed by atoms with van der Waals surface area (Å²) in [6.45, 7) is 2.12. The topological polar surface area (TPSA) is 23.8 Å². The van der Waals surface area contributed by atoms with Crippen molar-refractivity contribution in [3.05, 3.63) is 82.0 Å². The van der Waals surface area contributed by atoms with E-state index >= 15 is 0 Å². The zero-order valence-corrected chi connectivity index (χ0v) is 15.1. The van der Waals surface area contributed by atoms with Crippen molar-refractivity contribution in [2.75, 3.05) is 0 Å². The highest BCUT2D eigenvalue weighted by molar-refractivity contribution is 6.12. The molecule has 1 N–H and O–H groups in total. The molecule has 0 aliphatic carbocycles. The minimum Gasteiger partial charge on any atom is -0.351 e. The smallest absolute Gasteiger partial charge is 0.211 e. The number of hydrogen-bond acceptors (Lipinski definition) is 0. The molecule has 2 aromatic heterocycles. The molecule has 4 rings (SSSR count). The first-order valence-corrected chi connectivity index (χ1v) is 8.60. The largest absolute Gasteiger partial charge is 0.351 e. The molecule has 0 atom stereocenters. The summed E-state index contributed by atoms with van der Waals surface area (Å²) in [5.74, 6) is -0.221. The number of aryl methyl sites for hydroxylation is 2. The summed E-state index contributed by atoms with van der Waals surface area (Å²) >= 11 is 0. The van der Waals surface area contributed by atoms with Crippen molar-refractivity contribution in [3.63, 3.8) is 0 Å². The van der Waals surface area contributed by atoms with Crippen LogP contribution in [0.3, 0.4) is 0 Å². The summed E-state index contributed by atoms with van der Waals surface area (Å²) in [5, 5.41) is 2.28. The van der Waals surface area contributed by atoms with Gasteiger partial charge in [0.1, 0.15) is 5.82 Å². The van der Waals surface area contributed by atoms with Gasteiger partial charge in [-0.2, -0.15) is 0 Å². The van der Waals surface area contributed by atoms with Crippen molar-refractivity contribution in [1.29, 1.82) is 0 Å². The molecule has 0 bridgehead atoms. The van der Waals surface area contributed by atoms with E-state index in [1.165, 1.54) is 17.0 Å². The number of fused-ring (bicyclic) bond motifs is 1. The summed E-state index contributed by atoms with van der Waals surface area (Å²) in [6.07, 6.45) is 10.2. The molecular weight excluding hydrogens is 325 g/mol. The van der Waals surface area contributed by atoms with E-state index in [0.717, 1.165) is 27.9 Å². The van der Waals surface area contributed by atoms with E-state index in [-0.39, 0.29) is 5.82 Å². The second kappa shape index (κ2) is 6.30. The highest BCUT2D eigenvalue weighted by Crippen LogP contribution is 2.22. The molecule has 0 saturated carbocycles. The Kier molecular flexibility index (Phi) is 3.96.